The van der Waals surface area contributed by atoms with Gasteiger partial charge < -0.3 is 5.32 Å². The van der Waals surface area contributed by atoms with Gasteiger partial charge in [-0.25, -0.2) is 0 Å². The topological polar surface area (TPSA) is 15.3 Å². The lowest BCUT2D eigenvalue weighted by Crippen LogP contribution is -2.54. The van der Waals surface area contributed by atoms with Crippen LogP contribution in [0.5, 0.6) is 0 Å². The molecule has 24 heavy (non-hydrogen) atoms. The highest BCUT2D eigenvalue weighted by Crippen LogP contribution is 2.46. The highest BCUT2D eigenvalue weighted by atomic mass is 35.5. The maximum absolute atomic E-state index is 6.17. The molecule has 2 nitrogen and oxygen atoms in total. The normalized spacial score (nSPS) is 30.5. The van der Waals surface area contributed by atoms with Crippen molar-refractivity contribution in [1.82, 2.24) is 10.2 Å². The molecule has 2 saturated carbocycles. The molecule has 132 valence electrons. The second kappa shape index (κ2) is 7.59. The van der Waals surface area contributed by atoms with Gasteiger partial charge in [0.15, 0.2) is 0 Å². The number of hydrogen-bond acceptors (Lipinski definition) is 2. The Kier molecular flexibility index (Phi) is 5.69. The Hall–Kier alpha value is -0.830. The first-order chi connectivity index (χ1) is 11.6. The van der Waals surface area contributed by atoms with Crippen molar-refractivity contribution in [2.75, 3.05) is 20.1 Å². The zero-order chi connectivity index (χ0) is 17.2. The Morgan fingerprint density at radius 3 is 2.54 bits per heavy atom. The summed E-state index contributed by atoms with van der Waals surface area (Å²) in [6, 6.07) is 9.22. The first kappa shape index (κ1) is 18.0. The zero-order valence-electron chi connectivity index (χ0n) is 15.1. The molecule has 3 heteroatoms. The molecule has 0 aliphatic heterocycles. The fourth-order valence-electron chi connectivity index (χ4n) is 4.57. The molecule has 1 N–H and O–H groups in total. The summed E-state index contributed by atoms with van der Waals surface area (Å²) in [4.78, 5) is 2.71. The SMILES string of the molecule is C=CCN(CC1CC1)C1(c2ccc(Cl)cc2)CCC(NC)C(C)C1. The minimum absolute atomic E-state index is 0.119. The Morgan fingerprint density at radius 1 is 1.29 bits per heavy atom. The van der Waals surface area contributed by atoms with E-state index < -0.39 is 0 Å². The molecule has 2 aliphatic carbocycles. The summed E-state index contributed by atoms with van der Waals surface area (Å²) in [6.07, 6.45) is 8.47. The van der Waals surface area contributed by atoms with Crippen molar-refractivity contribution in [2.24, 2.45) is 11.8 Å². The second-order valence-corrected chi connectivity index (χ2v) is 8.23. The molecule has 3 unspecified atom stereocenters. The van der Waals surface area contributed by atoms with Crippen LogP contribution in [0.25, 0.3) is 0 Å². The van der Waals surface area contributed by atoms with E-state index >= 15 is 0 Å². The Balaban J connectivity index is 1.95. The van der Waals surface area contributed by atoms with Crippen LogP contribution in [0.2, 0.25) is 5.02 Å². The van der Waals surface area contributed by atoms with Gasteiger partial charge in [-0.2, -0.15) is 0 Å². The highest BCUT2D eigenvalue weighted by molar-refractivity contribution is 6.30. The van der Waals surface area contributed by atoms with Gasteiger partial charge in [0.25, 0.3) is 0 Å². The van der Waals surface area contributed by atoms with Gasteiger partial charge in [0.05, 0.1) is 0 Å². The quantitative estimate of drug-likeness (QED) is 0.710. The molecule has 1 aromatic rings. The van der Waals surface area contributed by atoms with Crippen LogP contribution in [0, 0.1) is 11.8 Å². The zero-order valence-corrected chi connectivity index (χ0v) is 15.9. The van der Waals surface area contributed by atoms with Crippen molar-refractivity contribution in [1.29, 1.82) is 0 Å². The molecule has 2 fully saturated rings. The van der Waals surface area contributed by atoms with Gasteiger partial charge in [-0.15, -0.1) is 6.58 Å². The first-order valence-corrected chi connectivity index (χ1v) is 9.76. The lowest BCUT2D eigenvalue weighted by atomic mass is 9.69. The number of hydrogen-bond donors (Lipinski definition) is 1. The number of nitrogens with one attached hydrogen (secondary N) is 1. The molecule has 0 heterocycles. The summed E-state index contributed by atoms with van der Waals surface area (Å²) in [5, 5.41) is 4.34. The molecule has 3 rings (SSSR count). The third-order valence-electron chi connectivity index (χ3n) is 6.10. The fraction of sp³-hybridized carbons (Fsp3) is 0.619. The summed E-state index contributed by atoms with van der Waals surface area (Å²) in [6.45, 7) is 8.60. The molecule has 3 atom stereocenters. The van der Waals surface area contributed by atoms with Crippen LogP contribution in [0.15, 0.2) is 36.9 Å². The van der Waals surface area contributed by atoms with E-state index in [0.717, 1.165) is 17.5 Å². The number of halogens is 1. The molecular formula is C21H31ClN2. The standard InChI is InChI=1S/C21H31ClN2/c1-4-13-24(15-17-5-6-17)21(18-7-9-19(22)10-8-18)12-11-20(23-3)16(2)14-21/h4,7-10,16-17,20,23H,1,5-6,11-15H2,2-3H3. The summed E-state index contributed by atoms with van der Waals surface area (Å²) < 4.78 is 0. The Morgan fingerprint density at radius 2 is 2.00 bits per heavy atom. The van der Waals surface area contributed by atoms with E-state index in [1.165, 1.54) is 44.2 Å². The van der Waals surface area contributed by atoms with Gasteiger partial charge in [0, 0.05) is 29.7 Å². The molecule has 0 radical (unpaired) electrons. The molecule has 0 amide bonds. The van der Waals surface area contributed by atoms with Gasteiger partial charge >= 0.3 is 0 Å². The van der Waals surface area contributed by atoms with Crippen molar-refractivity contribution in [2.45, 2.75) is 50.6 Å². The lowest BCUT2D eigenvalue weighted by Gasteiger charge is -2.51. The van der Waals surface area contributed by atoms with Gasteiger partial charge in [-0.3, -0.25) is 4.90 Å². The van der Waals surface area contributed by atoms with Gasteiger partial charge in [-0.05, 0) is 68.7 Å². The van der Waals surface area contributed by atoms with E-state index in [1.807, 2.05) is 0 Å². The maximum Gasteiger partial charge on any atom is 0.0467 e. The minimum Gasteiger partial charge on any atom is -0.317 e. The summed E-state index contributed by atoms with van der Waals surface area (Å²) in [5.41, 5.74) is 1.55. The van der Waals surface area contributed by atoms with Crippen LogP contribution in [-0.2, 0) is 5.54 Å². The second-order valence-electron chi connectivity index (χ2n) is 7.79. The van der Waals surface area contributed by atoms with Gasteiger partial charge in [0.1, 0.15) is 0 Å². The molecule has 0 saturated heterocycles. The predicted molar refractivity (Wildman–Crippen MR) is 103 cm³/mol. The van der Waals surface area contributed by atoms with Crippen molar-refractivity contribution >= 4 is 11.6 Å². The number of nitrogens with zero attached hydrogens (tertiary/aromatic N) is 1. The van der Waals surface area contributed by atoms with Crippen LogP contribution < -0.4 is 5.32 Å². The summed E-state index contributed by atoms with van der Waals surface area (Å²) >= 11 is 6.17. The maximum atomic E-state index is 6.17. The van der Waals surface area contributed by atoms with Crippen LogP contribution in [0.1, 0.15) is 44.6 Å². The third-order valence-corrected chi connectivity index (χ3v) is 6.35. The first-order valence-electron chi connectivity index (χ1n) is 9.38. The lowest BCUT2D eigenvalue weighted by molar-refractivity contribution is 0.0228. The van der Waals surface area contributed by atoms with Crippen molar-refractivity contribution in [3.8, 4) is 0 Å². The smallest absolute Gasteiger partial charge is 0.0467 e. The number of rotatable bonds is 7. The van der Waals surface area contributed by atoms with Crippen LogP contribution in [0.4, 0.5) is 0 Å². The molecule has 0 bridgehead atoms. The van der Waals surface area contributed by atoms with E-state index in [2.05, 4.69) is 61.1 Å². The molecule has 1 aromatic carbocycles. The van der Waals surface area contributed by atoms with Gasteiger partial charge in [0.2, 0.25) is 0 Å². The summed E-state index contributed by atoms with van der Waals surface area (Å²) in [7, 11) is 2.10. The fourth-order valence-corrected chi connectivity index (χ4v) is 4.69. The van der Waals surface area contributed by atoms with Crippen LogP contribution in [0.3, 0.4) is 0 Å². The predicted octanol–water partition coefficient (Wildman–Crippen LogP) is 4.84. The Bertz CT molecular complexity index is 551. The molecular weight excluding hydrogens is 316 g/mol. The van der Waals surface area contributed by atoms with Crippen molar-refractivity contribution < 1.29 is 0 Å². The minimum atomic E-state index is 0.119. The van der Waals surface area contributed by atoms with Crippen molar-refractivity contribution in [3.63, 3.8) is 0 Å². The van der Waals surface area contributed by atoms with E-state index in [0.29, 0.717) is 12.0 Å². The average Bonchev–Trinajstić information content (AvgIpc) is 3.39. The average molecular weight is 347 g/mol. The van der Waals surface area contributed by atoms with Crippen LogP contribution in [-0.4, -0.2) is 31.1 Å². The molecule has 2 aliphatic rings. The largest absolute Gasteiger partial charge is 0.317 e. The molecule has 0 spiro atoms. The van der Waals surface area contributed by atoms with E-state index in [-0.39, 0.29) is 5.54 Å². The summed E-state index contributed by atoms with van der Waals surface area (Å²) in [5.74, 6) is 1.54. The van der Waals surface area contributed by atoms with E-state index in [4.69, 9.17) is 11.6 Å². The van der Waals surface area contributed by atoms with Crippen molar-refractivity contribution in [3.05, 3.63) is 47.5 Å². The van der Waals surface area contributed by atoms with E-state index in [1.54, 1.807) is 0 Å². The Labute approximate surface area is 152 Å². The van der Waals surface area contributed by atoms with E-state index in [9.17, 15) is 0 Å². The highest BCUT2D eigenvalue weighted by Gasteiger charge is 2.45. The van der Waals surface area contributed by atoms with Crippen LogP contribution >= 0.6 is 11.6 Å². The monoisotopic (exact) mass is 346 g/mol. The van der Waals surface area contributed by atoms with Gasteiger partial charge in [-0.1, -0.05) is 36.7 Å². The number of benzene rings is 1. The third kappa shape index (κ3) is 3.71. The molecule has 0 aromatic heterocycles.